The largest absolute Gasteiger partial charge is 0.487 e. The molecular weight excluding hydrogens is 326 g/mol. The Morgan fingerprint density at radius 3 is 2.89 bits per heavy atom. The Kier molecular flexibility index (Phi) is 5.13. The molecule has 1 aromatic carbocycles. The lowest BCUT2D eigenvalue weighted by Gasteiger charge is -2.32. The average molecular weight is 343 g/mol. The highest BCUT2D eigenvalue weighted by Gasteiger charge is 2.31. The minimum absolute atomic E-state index is 0.0255. The lowest BCUT2D eigenvalue weighted by molar-refractivity contribution is 0.0893. The van der Waals surface area contributed by atoms with Crippen LogP contribution in [0.5, 0.6) is 5.75 Å². The van der Waals surface area contributed by atoms with Gasteiger partial charge < -0.3 is 4.74 Å². The molecule has 1 saturated carbocycles. The zero-order valence-electron chi connectivity index (χ0n) is 10.9. The first kappa shape index (κ1) is 14.7. The van der Waals surface area contributed by atoms with Crippen molar-refractivity contribution in [1.29, 1.82) is 5.26 Å². The molecule has 1 aliphatic carbocycles. The predicted octanol–water partition coefficient (Wildman–Crippen LogP) is 5.20. The molecule has 1 aliphatic rings. The van der Waals surface area contributed by atoms with Gasteiger partial charge in [0, 0.05) is 4.47 Å². The van der Waals surface area contributed by atoms with Crippen LogP contribution in [0.4, 0.5) is 0 Å². The van der Waals surface area contributed by atoms with Gasteiger partial charge in [-0.3, -0.25) is 0 Å². The number of nitrogens with zero attached hydrogens (tertiary/aromatic N) is 1. The van der Waals surface area contributed by atoms with E-state index in [4.69, 9.17) is 16.3 Å². The predicted molar refractivity (Wildman–Crippen MR) is 80.3 cm³/mol. The molecule has 3 atom stereocenters. The van der Waals surface area contributed by atoms with Gasteiger partial charge in [0.1, 0.15) is 11.9 Å². The summed E-state index contributed by atoms with van der Waals surface area (Å²) in [7, 11) is 0. The Balaban J connectivity index is 2.12. The second kappa shape index (κ2) is 6.63. The molecule has 0 aliphatic heterocycles. The van der Waals surface area contributed by atoms with E-state index in [-0.39, 0.29) is 12.0 Å². The lowest BCUT2D eigenvalue weighted by atomic mass is 9.79. The van der Waals surface area contributed by atoms with E-state index in [0.717, 1.165) is 30.2 Å². The van der Waals surface area contributed by atoms with E-state index in [1.54, 1.807) is 0 Å². The van der Waals surface area contributed by atoms with Gasteiger partial charge in [0.25, 0.3) is 0 Å². The SMILES string of the molecule is CCC1CCC(C#N)C(Oc2ccc(Br)cc2Cl)C1. The van der Waals surface area contributed by atoms with Gasteiger partial charge in [0.15, 0.2) is 0 Å². The van der Waals surface area contributed by atoms with Crippen LogP contribution in [0.2, 0.25) is 5.02 Å². The minimum Gasteiger partial charge on any atom is -0.487 e. The molecule has 0 amide bonds. The molecule has 0 spiro atoms. The number of nitriles is 1. The summed E-state index contributed by atoms with van der Waals surface area (Å²) in [5.41, 5.74) is 0. The summed E-state index contributed by atoms with van der Waals surface area (Å²) in [6, 6.07) is 7.95. The van der Waals surface area contributed by atoms with Crippen LogP contribution in [0.1, 0.15) is 32.6 Å². The van der Waals surface area contributed by atoms with Crippen LogP contribution >= 0.6 is 27.5 Å². The molecule has 0 radical (unpaired) electrons. The Bertz CT molecular complexity index is 486. The summed E-state index contributed by atoms with van der Waals surface area (Å²) in [5, 5.41) is 9.83. The van der Waals surface area contributed by atoms with Crippen LogP contribution in [0.15, 0.2) is 22.7 Å². The topological polar surface area (TPSA) is 33.0 Å². The molecule has 2 rings (SSSR count). The third-order valence-electron chi connectivity index (χ3n) is 3.82. The third kappa shape index (κ3) is 3.64. The summed E-state index contributed by atoms with van der Waals surface area (Å²) >= 11 is 9.55. The second-order valence-corrected chi connectivity index (χ2v) is 6.38. The van der Waals surface area contributed by atoms with E-state index in [2.05, 4.69) is 28.9 Å². The zero-order valence-corrected chi connectivity index (χ0v) is 13.2. The minimum atomic E-state index is -0.0395. The monoisotopic (exact) mass is 341 g/mol. The molecule has 0 saturated heterocycles. The van der Waals surface area contributed by atoms with E-state index >= 15 is 0 Å². The summed E-state index contributed by atoms with van der Waals surface area (Å²) in [6.07, 6.45) is 4.10. The summed E-state index contributed by atoms with van der Waals surface area (Å²) < 4.78 is 6.93. The first-order chi connectivity index (χ1) is 9.13. The summed E-state index contributed by atoms with van der Waals surface area (Å²) in [4.78, 5) is 0. The van der Waals surface area contributed by atoms with Gasteiger partial charge in [-0.2, -0.15) is 5.26 Å². The van der Waals surface area contributed by atoms with Gasteiger partial charge in [0.2, 0.25) is 0 Å². The quantitative estimate of drug-likeness (QED) is 0.756. The van der Waals surface area contributed by atoms with Gasteiger partial charge in [-0.1, -0.05) is 40.9 Å². The molecule has 102 valence electrons. The van der Waals surface area contributed by atoms with E-state index in [0.29, 0.717) is 16.7 Å². The molecule has 0 aromatic heterocycles. The van der Waals surface area contributed by atoms with Gasteiger partial charge in [-0.25, -0.2) is 0 Å². The van der Waals surface area contributed by atoms with E-state index in [1.165, 1.54) is 0 Å². The van der Waals surface area contributed by atoms with Crippen molar-refractivity contribution < 1.29 is 4.74 Å². The van der Waals surface area contributed by atoms with E-state index in [1.807, 2.05) is 18.2 Å². The van der Waals surface area contributed by atoms with Gasteiger partial charge in [0.05, 0.1) is 17.0 Å². The maximum Gasteiger partial charge on any atom is 0.138 e. The van der Waals surface area contributed by atoms with Crippen molar-refractivity contribution in [1.82, 2.24) is 0 Å². The molecule has 0 N–H and O–H groups in total. The molecule has 4 heteroatoms. The molecule has 0 bridgehead atoms. The summed E-state index contributed by atoms with van der Waals surface area (Å²) in [6.45, 7) is 2.20. The number of halogens is 2. The standard InChI is InChI=1S/C15H17BrClNO/c1-2-10-3-4-11(9-18)15(7-10)19-14-6-5-12(16)8-13(14)17/h5-6,8,10-11,15H,2-4,7H2,1H3. The molecular formula is C15H17BrClNO. The Labute approximate surface area is 127 Å². The fraction of sp³-hybridized carbons (Fsp3) is 0.533. The highest BCUT2D eigenvalue weighted by molar-refractivity contribution is 9.10. The Morgan fingerprint density at radius 1 is 1.47 bits per heavy atom. The molecule has 0 heterocycles. The van der Waals surface area contributed by atoms with Crippen LogP contribution in [0.3, 0.4) is 0 Å². The fourth-order valence-electron chi connectivity index (χ4n) is 2.59. The van der Waals surface area contributed by atoms with Crippen molar-refractivity contribution in [2.75, 3.05) is 0 Å². The average Bonchev–Trinajstić information content (AvgIpc) is 2.41. The number of hydrogen-bond donors (Lipinski definition) is 0. The maximum atomic E-state index is 9.24. The number of rotatable bonds is 3. The zero-order chi connectivity index (χ0) is 13.8. The van der Waals surface area contributed by atoms with Crippen molar-refractivity contribution in [2.24, 2.45) is 11.8 Å². The van der Waals surface area contributed by atoms with Crippen LogP contribution in [0.25, 0.3) is 0 Å². The van der Waals surface area contributed by atoms with E-state index < -0.39 is 0 Å². The first-order valence-electron chi connectivity index (χ1n) is 6.65. The van der Waals surface area contributed by atoms with Gasteiger partial charge in [-0.15, -0.1) is 0 Å². The molecule has 2 nitrogen and oxygen atoms in total. The number of hydrogen-bond acceptors (Lipinski definition) is 2. The molecule has 3 unspecified atom stereocenters. The van der Waals surface area contributed by atoms with Crippen molar-refractivity contribution in [2.45, 2.75) is 38.7 Å². The van der Waals surface area contributed by atoms with Crippen LogP contribution in [-0.2, 0) is 0 Å². The maximum absolute atomic E-state index is 9.24. The third-order valence-corrected chi connectivity index (χ3v) is 4.60. The molecule has 19 heavy (non-hydrogen) atoms. The summed E-state index contributed by atoms with van der Waals surface area (Å²) in [5.74, 6) is 1.30. The van der Waals surface area contributed by atoms with Crippen molar-refractivity contribution in [3.63, 3.8) is 0 Å². The van der Waals surface area contributed by atoms with Crippen molar-refractivity contribution >= 4 is 27.5 Å². The smallest absolute Gasteiger partial charge is 0.138 e. The lowest BCUT2D eigenvalue weighted by Crippen LogP contribution is -2.33. The van der Waals surface area contributed by atoms with Crippen LogP contribution in [-0.4, -0.2) is 6.10 Å². The Morgan fingerprint density at radius 2 is 2.26 bits per heavy atom. The highest BCUT2D eigenvalue weighted by Crippen LogP contribution is 2.36. The highest BCUT2D eigenvalue weighted by atomic mass is 79.9. The number of benzene rings is 1. The molecule has 1 fully saturated rings. The normalized spacial score (nSPS) is 26.7. The van der Waals surface area contributed by atoms with Gasteiger partial charge in [-0.05, 0) is 43.4 Å². The fourth-order valence-corrected chi connectivity index (χ4v) is 3.31. The van der Waals surface area contributed by atoms with Crippen molar-refractivity contribution in [3.8, 4) is 11.8 Å². The first-order valence-corrected chi connectivity index (χ1v) is 7.82. The van der Waals surface area contributed by atoms with Gasteiger partial charge >= 0.3 is 0 Å². The van der Waals surface area contributed by atoms with E-state index in [9.17, 15) is 5.26 Å². The Hall–Kier alpha value is -0.720. The number of ether oxygens (including phenoxy) is 1. The van der Waals surface area contributed by atoms with Crippen LogP contribution < -0.4 is 4.74 Å². The van der Waals surface area contributed by atoms with Crippen LogP contribution in [0, 0.1) is 23.2 Å². The second-order valence-electron chi connectivity index (χ2n) is 5.05. The van der Waals surface area contributed by atoms with Crippen molar-refractivity contribution in [3.05, 3.63) is 27.7 Å². The molecule has 1 aromatic rings.